The first-order chi connectivity index (χ1) is 13.9. The molecule has 6 nitrogen and oxygen atoms in total. The van der Waals surface area contributed by atoms with Crippen LogP contribution in [0.1, 0.15) is 31.9 Å². The Kier molecular flexibility index (Phi) is 5.08. The van der Waals surface area contributed by atoms with Crippen LogP contribution in [-0.4, -0.2) is 40.6 Å². The number of aromatic nitrogens is 3. The van der Waals surface area contributed by atoms with Gasteiger partial charge in [0.25, 0.3) is 0 Å². The first-order valence-electron chi connectivity index (χ1n) is 9.40. The van der Waals surface area contributed by atoms with Crippen LogP contribution in [0.4, 0.5) is 0 Å². The zero-order chi connectivity index (χ0) is 20.6. The van der Waals surface area contributed by atoms with Crippen LogP contribution in [0.25, 0.3) is 11.4 Å². The molecule has 150 valence electrons. The lowest BCUT2D eigenvalue weighted by Crippen LogP contribution is -2.14. The molecule has 29 heavy (non-hydrogen) atoms. The van der Waals surface area contributed by atoms with Gasteiger partial charge in [0.05, 0.1) is 19.9 Å². The number of fused-ring (bicyclic) bond motifs is 1. The molecule has 0 saturated heterocycles. The van der Waals surface area contributed by atoms with Crippen LogP contribution in [0.3, 0.4) is 0 Å². The Morgan fingerprint density at radius 1 is 0.897 bits per heavy atom. The van der Waals surface area contributed by atoms with Crippen molar-refractivity contribution < 1.29 is 9.47 Å². The minimum Gasteiger partial charge on any atom is -0.493 e. The Morgan fingerprint density at radius 3 is 2.24 bits per heavy atom. The van der Waals surface area contributed by atoms with Gasteiger partial charge in [0.2, 0.25) is 5.16 Å². The topological polar surface area (TPSA) is 61.5 Å². The number of thioether (sulfide) groups is 1. The van der Waals surface area contributed by atoms with Crippen LogP contribution in [0.5, 0.6) is 11.5 Å². The summed E-state index contributed by atoms with van der Waals surface area (Å²) in [5.41, 5.74) is 4.31. The molecule has 0 aliphatic carbocycles. The third-order valence-corrected chi connectivity index (χ3v) is 5.83. The molecular formula is C22H24N4O2S. The molecule has 0 radical (unpaired) electrons. The summed E-state index contributed by atoms with van der Waals surface area (Å²) in [6, 6.07) is 14.3. The zero-order valence-corrected chi connectivity index (χ0v) is 18.1. The second kappa shape index (κ2) is 7.55. The average molecular weight is 409 g/mol. The fourth-order valence-electron chi connectivity index (χ4n) is 3.18. The molecule has 7 heteroatoms. The van der Waals surface area contributed by atoms with Crippen LogP contribution >= 0.6 is 11.8 Å². The van der Waals surface area contributed by atoms with Gasteiger partial charge < -0.3 is 9.47 Å². The standard InChI is InChI=1S/C22H24N4O2S/c1-22(2,3)16-9-6-14(7-10-16)20-23-24-21-26(20)25-17(13-29-21)15-8-11-18(27-4)19(12-15)28-5/h6-12H,13H2,1-5H3. The lowest BCUT2D eigenvalue weighted by Gasteiger charge is -2.19. The highest BCUT2D eigenvalue weighted by Gasteiger charge is 2.22. The minimum atomic E-state index is 0.109. The van der Waals surface area contributed by atoms with E-state index in [0.717, 1.165) is 33.6 Å². The molecule has 0 spiro atoms. The number of methoxy groups -OCH3 is 2. The number of nitrogens with zero attached hydrogens (tertiary/aromatic N) is 4. The van der Waals surface area contributed by atoms with E-state index >= 15 is 0 Å². The molecule has 1 aliphatic rings. The Labute approximate surface area is 175 Å². The molecule has 3 aromatic rings. The van der Waals surface area contributed by atoms with E-state index in [1.807, 2.05) is 22.9 Å². The number of hydrogen-bond acceptors (Lipinski definition) is 6. The monoisotopic (exact) mass is 408 g/mol. The average Bonchev–Trinajstić information content (AvgIpc) is 3.16. The molecule has 0 amide bonds. The Morgan fingerprint density at radius 2 is 1.59 bits per heavy atom. The molecule has 0 bridgehead atoms. The Balaban J connectivity index is 1.71. The smallest absolute Gasteiger partial charge is 0.212 e. The summed E-state index contributed by atoms with van der Waals surface area (Å²) < 4.78 is 12.6. The molecule has 0 unspecified atom stereocenters. The van der Waals surface area contributed by atoms with Gasteiger partial charge >= 0.3 is 0 Å². The highest BCUT2D eigenvalue weighted by molar-refractivity contribution is 7.99. The van der Waals surface area contributed by atoms with Crippen molar-refractivity contribution in [1.29, 1.82) is 0 Å². The number of rotatable bonds is 4. The summed E-state index contributed by atoms with van der Waals surface area (Å²) in [7, 11) is 3.27. The van der Waals surface area contributed by atoms with E-state index in [1.165, 1.54) is 5.56 Å². The van der Waals surface area contributed by atoms with Gasteiger partial charge in [-0.3, -0.25) is 0 Å². The van der Waals surface area contributed by atoms with Crippen molar-refractivity contribution in [3.63, 3.8) is 0 Å². The summed E-state index contributed by atoms with van der Waals surface area (Å²) in [6.45, 7) is 6.62. The maximum Gasteiger partial charge on any atom is 0.212 e. The Hall–Kier alpha value is -2.80. The van der Waals surface area contributed by atoms with E-state index in [2.05, 4.69) is 55.2 Å². The lowest BCUT2D eigenvalue weighted by atomic mass is 9.87. The predicted octanol–water partition coefficient (Wildman–Crippen LogP) is 4.62. The fraction of sp³-hybridized carbons (Fsp3) is 0.318. The summed E-state index contributed by atoms with van der Waals surface area (Å²) >= 11 is 1.62. The first kappa shape index (κ1) is 19.5. The van der Waals surface area contributed by atoms with Crippen LogP contribution in [-0.2, 0) is 5.41 Å². The van der Waals surface area contributed by atoms with E-state index in [9.17, 15) is 0 Å². The molecule has 4 rings (SSSR count). The van der Waals surface area contributed by atoms with Crippen molar-refractivity contribution >= 4 is 17.5 Å². The molecule has 2 heterocycles. The van der Waals surface area contributed by atoms with Crippen molar-refractivity contribution in [2.45, 2.75) is 31.3 Å². The lowest BCUT2D eigenvalue weighted by molar-refractivity contribution is 0.355. The van der Waals surface area contributed by atoms with Crippen molar-refractivity contribution in [2.24, 2.45) is 5.10 Å². The van der Waals surface area contributed by atoms with Gasteiger partial charge in [-0.2, -0.15) is 9.78 Å². The normalized spacial score (nSPS) is 13.6. The van der Waals surface area contributed by atoms with Crippen LogP contribution in [0.2, 0.25) is 0 Å². The molecule has 0 atom stereocenters. The van der Waals surface area contributed by atoms with Crippen molar-refractivity contribution in [3.05, 3.63) is 53.6 Å². The van der Waals surface area contributed by atoms with Gasteiger partial charge in [-0.15, -0.1) is 10.2 Å². The maximum absolute atomic E-state index is 5.44. The maximum atomic E-state index is 5.44. The molecule has 1 aliphatic heterocycles. The van der Waals surface area contributed by atoms with Crippen molar-refractivity contribution in [1.82, 2.24) is 14.9 Å². The van der Waals surface area contributed by atoms with E-state index in [4.69, 9.17) is 14.6 Å². The molecule has 0 fully saturated rings. The van der Waals surface area contributed by atoms with E-state index in [-0.39, 0.29) is 5.41 Å². The second-order valence-electron chi connectivity index (χ2n) is 7.85. The number of ether oxygens (including phenoxy) is 2. The van der Waals surface area contributed by atoms with Gasteiger partial charge in [-0.1, -0.05) is 56.8 Å². The van der Waals surface area contributed by atoms with Gasteiger partial charge in [0, 0.05) is 16.9 Å². The third kappa shape index (κ3) is 3.74. The van der Waals surface area contributed by atoms with Crippen molar-refractivity contribution in [2.75, 3.05) is 20.0 Å². The minimum absolute atomic E-state index is 0.109. The van der Waals surface area contributed by atoms with Gasteiger partial charge in [0.15, 0.2) is 17.3 Å². The summed E-state index contributed by atoms with van der Waals surface area (Å²) in [4.78, 5) is 0. The van der Waals surface area contributed by atoms with Gasteiger partial charge in [0.1, 0.15) is 0 Å². The number of hydrogen-bond donors (Lipinski definition) is 0. The summed E-state index contributed by atoms with van der Waals surface area (Å²) in [5, 5.41) is 14.3. The second-order valence-corrected chi connectivity index (χ2v) is 8.79. The fourth-order valence-corrected chi connectivity index (χ4v) is 4.02. The largest absolute Gasteiger partial charge is 0.493 e. The number of benzene rings is 2. The predicted molar refractivity (Wildman–Crippen MR) is 116 cm³/mol. The van der Waals surface area contributed by atoms with Crippen LogP contribution in [0.15, 0.2) is 52.7 Å². The van der Waals surface area contributed by atoms with Gasteiger partial charge in [-0.05, 0) is 29.2 Å². The highest BCUT2D eigenvalue weighted by Crippen LogP contribution is 2.32. The SMILES string of the molecule is COc1ccc(C2=Nn3c(nnc3-c3ccc(C(C)(C)C)cc3)SC2)cc1OC. The molecule has 2 aromatic carbocycles. The summed E-state index contributed by atoms with van der Waals surface area (Å²) in [6.07, 6.45) is 0. The molecule has 0 N–H and O–H groups in total. The van der Waals surface area contributed by atoms with Crippen LogP contribution < -0.4 is 9.47 Å². The molecule has 0 saturated carbocycles. The van der Waals surface area contributed by atoms with Gasteiger partial charge in [-0.25, -0.2) is 0 Å². The molecular weight excluding hydrogens is 384 g/mol. The summed E-state index contributed by atoms with van der Waals surface area (Å²) in [5.74, 6) is 2.84. The zero-order valence-electron chi connectivity index (χ0n) is 17.3. The third-order valence-electron chi connectivity index (χ3n) is 4.90. The molecule has 1 aromatic heterocycles. The van der Waals surface area contributed by atoms with E-state index in [0.29, 0.717) is 11.5 Å². The Bertz CT molecular complexity index is 1070. The quantitative estimate of drug-likeness (QED) is 0.630. The first-order valence-corrected chi connectivity index (χ1v) is 10.4. The van der Waals surface area contributed by atoms with Crippen molar-refractivity contribution in [3.8, 4) is 22.9 Å². The van der Waals surface area contributed by atoms with Crippen LogP contribution in [0, 0.1) is 0 Å². The van der Waals surface area contributed by atoms with E-state index < -0.39 is 0 Å². The highest BCUT2D eigenvalue weighted by atomic mass is 32.2. The van der Waals surface area contributed by atoms with E-state index in [1.54, 1.807) is 26.0 Å².